The largest absolute Gasteiger partial charge is 0.493 e. The lowest BCUT2D eigenvalue weighted by Gasteiger charge is -2.14. The van der Waals surface area contributed by atoms with Gasteiger partial charge in [0.15, 0.2) is 16.6 Å². The summed E-state index contributed by atoms with van der Waals surface area (Å²) >= 11 is 1.38. The average molecular weight is 433 g/mol. The first-order valence-corrected chi connectivity index (χ1v) is 10.3. The molecule has 0 unspecified atom stereocenters. The third kappa shape index (κ3) is 5.07. The predicted octanol–water partition coefficient (Wildman–Crippen LogP) is 2.35. The van der Waals surface area contributed by atoms with Gasteiger partial charge in [0, 0.05) is 24.0 Å². The third-order valence-corrected chi connectivity index (χ3v) is 5.53. The van der Waals surface area contributed by atoms with Crippen LogP contribution in [-0.2, 0) is 16.0 Å². The van der Waals surface area contributed by atoms with Crippen molar-refractivity contribution in [3.05, 3.63) is 34.8 Å². The van der Waals surface area contributed by atoms with Gasteiger partial charge in [-0.05, 0) is 37.5 Å². The number of anilines is 1. The fourth-order valence-electron chi connectivity index (χ4n) is 3.13. The van der Waals surface area contributed by atoms with Gasteiger partial charge in [-0.1, -0.05) is 6.07 Å². The fraction of sp³-hybridized carbons (Fsp3) is 0.400. The van der Waals surface area contributed by atoms with E-state index in [9.17, 15) is 14.4 Å². The Morgan fingerprint density at radius 2 is 2.03 bits per heavy atom. The number of thiazole rings is 1. The van der Waals surface area contributed by atoms with Crippen molar-refractivity contribution in [2.75, 3.05) is 26.1 Å². The Bertz CT molecular complexity index is 945. The van der Waals surface area contributed by atoms with Crippen molar-refractivity contribution in [3.63, 3.8) is 0 Å². The second-order valence-electron chi connectivity index (χ2n) is 6.79. The van der Waals surface area contributed by atoms with E-state index in [1.165, 1.54) is 16.2 Å². The molecule has 0 radical (unpaired) electrons. The second-order valence-corrected chi connectivity index (χ2v) is 8.03. The Balaban J connectivity index is 1.51. The molecule has 1 aliphatic heterocycles. The van der Waals surface area contributed by atoms with Crippen LogP contribution in [0, 0.1) is 6.92 Å². The number of ether oxygens (including phenoxy) is 2. The molecule has 0 aliphatic carbocycles. The van der Waals surface area contributed by atoms with E-state index in [0.717, 1.165) is 10.4 Å². The molecule has 1 aromatic carbocycles. The standard InChI is InChI=1S/C20H24N4O5S/c1-12-11-21-19(30-12)23-17(25)7-5-14-18(26)24(20(27)22-14)9-8-13-4-6-15(28-2)16(10-13)29-3/h4,6,10-11,14H,5,7-9H2,1-3H3,(H,22,27)(H,21,23,25)/t14-/m0/s1. The lowest BCUT2D eigenvalue weighted by molar-refractivity contribution is -0.127. The van der Waals surface area contributed by atoms with Crippen LogP contribution >= 0.6 is 11.3 Å². The summed E-state index contributed by atoms with van der Waals surface area (Å²) < 4.78 is 10.5. The Labute approximate surface area is 178 Å². The first kappa shape index (κ1) is 21.6. The second kappa shape index (κ2) is 9.57. The molecule has 1 saturated heterocycles. The van der Waals surface area contributed by atoms with E-state index >= 15 is 0 Å². The van der Waals surface area contributed by atoms with Crippen molar-refractivity contribution in [2.24, 2.45) is 0 Å². The minimum Gasteiger partial charge on any atom is -0.493 e. The van der Waals surface area contributed by atoms with Gasteiger partial charge in [0.2, 0.25) is 5.91 Å². The Hall–Kier alpha value is -3.14. The minimum atomic E-state index is -0.702. The van der Waals surface area contributed by atoms with E-state index in [0.29, 0.717) is 23.1 Å². The fourth-order valence-corrected chi connectivity index (χ4v) is 3.81. The SMILES string of the molecule is COc1ccc(CCN2C(=O)N[C@@H](CCC(=O)Nc3ncc(C)s3)C2=O)cc1OC. The molecule has 9 nitrogen and oxygen atoms in total. The highest BCUT2D eigenvalue weighted by Gasteiger charge is 2.37. The number of nitrogens with zero attached hydrogens (tertiary/aromatic N) is 2. The van der Waals surface area contributed by atoms with Crippen molar-refractivity contribution >= 4 is 34.3 Å². The van der Waals surface area contributed by atoms with Crippen LogP contribution < -0.4 is 20.1 Å². The van der Waals surface area contributed by atoms with E-state index in [1.807, 2.05) is 19.1 Å². The molecule has 2 heterocycles. The molecule has 3 rings (SSSR count). The van der Waals surface area contributed by atoms with Gasteiger partial charge in [-0.15, -0.1) is 11.3 Å². The van der Waals surface area contributed by atoms with Gasteiger partial charge in [0.1, 0.15) is 6.04 Å². The molecule has 2 aromatic rings. The molecule has 30 heavy (non-hydrogen) atoms. The van der Waals surface area contributed by atoms with Crippen molar-refractivity contribution in [3.8, 4) is 11.5 Å². The molecule has 0 saturated carbocycles. The number of aryl methyl sites for hydroxylation is 1. The molecule has 4 amide bonds. The molecule has 0 bridgehead atoms. The maximum Gasteiger partial charge on any atom is 0.324 e. The molecule has 160 valence electrons. The molecule has 0 spiro atoms. The van der Waals surface area contributed by atoms with E-state index in [-0.39, 0.29) is 31.2 Å². The number of rotatable bonds is 9. The van der Waals surface area contributed by atoms with E-state index in [2.05, 4.69) is 15.6 Å². The summed E-state index contributed by atoms with van der Waals surface area (Å²) in [6.07, 6.45) is 2.50. The molecule has 1 atom stereocenters. The summed E-state index contributed by atoms with van der Waals surface area (Å²) in [5, 5.41) is 5.88. The highest BCUT2D eigenvalue weighted by atomic mass is 32.1. The summed E-state index contributed by atoms with van der Waals surface area (Å²) in [6, 6.07) is 4.32. The van der Waals surface area contributed by atoms with E-state index in [1.54, 1.807) is 26.5 Å². The topological polar surface area (TPSA) is 110 Å². The first-order valence-electron chi connectivity index (χ1n) is 9.46. The number of hydrogen-bond acceptors (Lipinski definition) is 7. The molecule has 1 fully saturated rings. The smallest absolute Gasteiger partial charge is 0.324 e. The van der Waals surface area contributed by atoms with Crippen LogP contribution in [-0.4, -0.2) is 54.5 Å². The quantitative estimate of drug-likeness (QED) is 0.589. The molecule has 1 aliphatic rings. The van der Waals surface area contributed by atoms with Crippen LogP contribution in [0.25, 0.3) is 0 Å². The zero-order valence-corrected chi connectivity index (χ0v) is 17.9. The van der Waals surface area contributed by atoms with Gasteiger partial charge in [-0.25, -0.2) is 9.78 Å². The van der Waals surface area contributed by atoms with Crippen LogP contribution in [0.5, 0.6) is 11.5 Å². The molecular weight excluding hydrogens is 408 g/mol. The average Bonchev–Trinajstić information content (AvgIpc) is 3.26. The highest BCUT2D eigenvalue weighted by Crippen LogP contribution is 2.28. The number of nitrogens with one attached hydrogen (secondary N) is 2. The summed E-state index contributed by atoms with van der Waals surface area (Å²) in [4.78, 5) is 43.1. The van der Waals surface area contributed by atoms with Gasteiger partial charge in [0.25, 0.3) is 5.91 Å². The maximum absolute atomic E-state index is 12.6. The number of amides is 4. The number of carbonyl (C=O) groups excluding carboxylic acids is 3. The number of aromatic nitrogens is 1. The van der Waals surface area contributed by atoms with Gasteiger partial charge in [0.05, 0.1) is 14.2 Å². The highest BCUT2D eigenvalue weighted by molar-refractivity contribution is 7.15. The zero-order valence-electron chi connectivity index (χ0n) is 17.1. The molecular formula is C20H24N4O5S. The minimum absolute atomic E-state index is 0.110. The van der Waals surface area contributed by atoms with Crippen LogP contribution in [0.4, 0.5) is 9.93 Å². The number of methoxy groups -OCH3 is 2. The number of urea groups is 1. The summed E-state index contributed by atoms with van der Waals surface area (Å²) in [7, 11) is 3.11. The monoisotopic (exact) mass is 432 g/mol. The summed E-state index contributed by atoms with van der Waals surface area (Å²) in [5.41, 5.74) is 0.912. The van der Waals surface area contributed by atoms with Gasteiger partial charge >= 0.3 is 6.03 Å². The Morgan fingerprint density at radius 3 is 2.70 bits per heavy atom. The van der Waals surface area contributed by atoms with Crippen molar-refractivity contribution < 1.29 is 23.9 Å². The molecule has 2 N–H and O–H groups in total. The van der Waals surface area contributed by atoms with Crippen LogP contribution in [0.15, 0.2) is 24.4 Å². The zero-order chi connectivity index (χ0) is 21.7. The Kier molecular flexibility index (Phi) is 6.88. The lowest BCUT2D eigenvalue weighted by atomic mass is 10.1. The summed E-state index contributed by atoms with van der Waals surface area (Å²) in [6.45, 7) is 2.14. The van der Waals surface area contributed by atoms with Crippen LogP contribution in [0.1, 0.15) is 23.3 Å². The van der Waals surface area contributed by atoms with Crippen LogP contribution in [0.3, 0.4) is 0 Å². The van der Waals surface area contributed by atoms with Gasteiger partial charge < -0.3 is 20.1 Å². The number of benzene rings is 1. The number of carbonyl (C=O) groups is 3. The lowest BCUT2D eigenvalue weighted by Crippen LogP contribution is -2.33. The Morgan fingerprint density at radius 1 is 1.27 bits per heavy atom. The van der Waals surface area contributed by atoms with E-state index in [4.69, 9.17) is 9.47 Å². The normalized spacial score (nSPS) is 15.8. The molecule has 1 aromatic heterocycles. The van der Waals surface area contributed by atoms with E-state index < -0.39 is 12.1 Å². The number of imide groups is 1. The van der Waals surface area contributed by atoms with Crippen LogP contribution in [0.2, 0.25) is 0 Å². The molecule has 10 heteroatoms. The third-order valence-electron chi connectivity index (χ3n) is 4.71. The van der Waals surface area contributed by atoms with Gasteiger partial charge in [-0.2, -0.15) is 0 Å². The maximum atomic E-state index is 12.6. The van der Waals surface area contributed by atoms with Crippen molar-refractivity contribution in [1.82, 2.24) is 15.2 Å². The summed E-state index contributed by atoms with van der Waals surface area (Å²) in [5.74, 6) is 0.641. The number of hydrogen-bond donors (Lipinski definition) is 2. The van der Waals surface area contributed by atoms with Gasteiger partial charge in [-0.3, -0.25) is 14.5 Å². The first-order chi connectivity index (χ1) is 14.4. The van der Waals surface area contributed by atoms with Crippen molar-refractivity contribution in [1.29, 1.82) is 0 Å². The predicted molar refractivity (Wildman–Crippen MR) is 112 cm³/mol. The van der Waals surface area contributed by atoms with Crippen molar-refractivity contribution in [2.45, 2.75) is 32.2 Å².